The summed E-state index contributed by atoms with van der Waals surface area (Å²) in [7, 11) is 0. The molecular weight excluding hydrogens is 474 g/mol. The monoisotopic (exact) mass is 507 g/mol. The van der Waals surface area contributed by atoms with Crippen LogP contribution >= 0.6 is 0 Å². The number of anilines is 3. The fourth-order valence-electron chi connectivity index (χ4n) is 6.48. The number of hydrogen-bond donors (Lipinski definition) is 2. The van der Waals surface area contributed by atoms with Crippen molar-refractivity contribution in [3.63, 3.8) is 0 Å². The molecule has 194 valence electrons. The highest BCUT2D eigenvalue weighted by molar-refractivity contribution is 5.74. The smallest absolute Gasteiger partial charge is 0.169 e. The fourth-order valence-corrected chi connectivity index (χ4v) is 6.48. The second-order valence-corrected chi connectivity index (χ2v) is 11.2. The summed E-state index contributed by atoms with van der Waals surface area (Å²) in [6.07, 6.45) is 7.02. The number of nitrogens with zero attached hydrogens (tertiary/aromatic N) is 6. The molecule has 1 aliphatic carbocycles. The van der Waals surface area contributed by atoms with E-state index in [-0.39, 0.29) is 5.75 Å². The first-order valence-corrected chi connectivity index (χ1v) is 13.7. The summed E-state index contributed by atoms with van der Waals surface area (Å²) >= 11 is 0. The van der Waals surface area contributed by atoms with E-state index < -0.39 is 0 Å². The van der Waals surface area contributed by atoms with Gasteiger partial charge in [-0.25, -0.2) is 4.98 Å². The van der Waals surface area contributed by atoms with Gasteiger partial charge in [0.15, 0.2) is 5.82 Å². The molecule has 4 aliphatic rings. The van der Waals surface area contributed by atoms with Crippen LogP contribution in [0, 0.1) is 23.7 Å². The number of fused-ring (bicyclic) bond motifs is 2. The van der Waals surface area contributed by atoms with Gasteiger partial charge in [-0.15, -0.1) is 10.2 Å². The molecule has 1 saturated carbocycles. The van der Waals surface area contributed by atoms with E-state index >= 15 is 0 Å². The first-order chi connectivity index (χ1) is 18.6. The van der Waals surface area contributed by atoms with Crippen LogP contribution in [-0.2, 0) is 0 Å². The Morgan fingerprint density at radius 2 is 1.71 bits per heavy atom. The Morgan fingerprint density at radius 3 is 2.47 bits per heavy atom. The Morgan fingerprint density at radius 1 is 0.921 bits per heavy atom. The summed E-state index contributed by atoms with van der Waals surface area (Å²) in [5, 5.41) is 18.8. The van der Waals surface area contributed by atoms with E-state index in [9.17, 15) is 5.11 Å². The van der Waals surface area contributed by atoms with Gasteiger partial charge in [0.1, 0.15) is 11.4 Å². The number of aromatic nitrogens is 3. The van der Waals surface area contributed by atoms with Crippen LogP contribution in [0.3, 0.4) is 0 Å². The van der Waals surface area contributed by atoms with Gasteiger partial charge < -0.3 is 20.6 Å². The number of phenolic OH excluding ortho intramolecular Hbond substituents is 1. The highest BCUT2D eigenvalue weighted by Crippen LogP contribution is 2.41. The fraction of sp³-hybridized carbons (Fsp3) is 0.433. The van der Waals surface area contributed by atoms with Crippen LogP contribution in [0.2, 0.25) is 0 Å². The van der Waals surface area contributed by atoms with Crippen LogP contribution in [0.15, 0.2) is 48.7 Å². The van der Waals surface area contributed by atoms with E-state index in [2.05, 4.69) is 53.9 Å². The molecule has 2 aromatic heterocycles. The Bertz CT molecular complexity index is 1390. The molecule has 4 fully saturated rings. The molecule has 0 radical (unpaired) electrons. The van der Waals surface area contributed by atoms with E-state index in [4.69, 9.17) is 5.73 Å². The van der Waals surface area contributed by atoms with Crippen LogP contribution in [0.25, 0.3) is 11.3 Å². The number of hydrogen-bond acceptors (Lipinski definition) is 8. The lowest BCUT2D eigenvalue weighted by Gasteiger charge is -2.43. The lowest BCUT2D eigenvalue weighted by atomic mass is 9.95. The van der Waals surface area contributed by atoms with E-state index in [0.29, 0.717) is 29.2 Å². The van der Waals surface area contributed by atoms with Crippen LogP contribution in [0.1, 0.15) is 31.4 Å². The molecule has 3 aromatic rings. The van der Waals surface area contributed by atoms with Crippen molar-refractivity contribution in [3.05, 3.63) is 54.4 Å². The molecule has 3 aliphatic heterocycles. The van der Waals surface area contributed by atoms with Crippen LogP contribution in [-0.4, -0.2) is 70.0 Å². The average molecular weight is 508 g/mol. The number of pyridine rings is 1. The van der Waals surface area contributed by atoms with E-state index in [1.54, 1.807) is 12.1 Å². The molecule has 7 rings (SSSR count). The molecular formula is C30H33N7O. The zero-order valence-corrected chi connectivity index (χ0v) is 21.5. The van der Waals surface area contributed by atoms with Crippen molar-refractivity contribution < 1.29 is 5.11 Å². The predicted molar refractivity (Wildman–Crippen MR) is 149 cm³/mol. The average Bonchev–Trinajstić information content (AvgIpc) is 3.70. The topological polar surface area (TPSA) is 94.6 Å². The molecule has 8 nitrogen and oxygen atoms in total. The molecule has 2 unspecified atom stereocenters. The van der Waals surface area contributed by atoms with Gasteiger partial charge in [0.25, 0.3) is 0 Å². The SMILES string of the molecule is Nc1nnc(-c2ccccc2O)cc1N1CC2CCC(C1)N2c1ccnc(C#CCN2CC(C3CC3)C2)c1. The van der Waals surface area contributed by atoms with Crippen molar-refractivity contribution in [2.75, 3.05) is 48.3 Å². The lowest BCUT2D eigenvalue weighted by Crippen LogP contribution is -2.54. The Balaban J connectivity index is 1.05. The van der Waals surface area contributed by atoms with Crippen molar-refractivity contribution in [2.24, 2.45) is 11.8 Å². The van der Waals surface area contributed by atoms with Gasteiger partial charge in [0.2, 0.25) is 0 Å². The summed E-state index contributed by atoms with van der Waals surface area (Å²) < 4.78 is 0. The van der Waals surface area contributed by atoms with Crippen molar-refractivity contribution in [3.8, 4) is 28.8 Å². The number of phenols is 1. The molecule has 2 bridgehead atoms. The first-order valence-electron chi connectivity index (χ1n) is 13.7. The molecule has 0 amide bonds. The zero-order chi connectivity index (χ0) is 25.6. The summed E-state index contributed by atoms with van der Waals surface area (Å²) in [6.45, 7) is 4.97. The Hall–Kier alpha value is -3.83. The largest absolute Gasteiger partial charge is 0.507 e. The third-order valence-corrected chi connectivity index (χ3v) is 8.64. The number of rotatable bonds is 5. The highest BCUT2D eigenvalue weighted by atomic mass is 16.3. The van der Waals surface area contributed by atoms with Gasteiger partial charge in [-0.2, -0.15) is 0 Å². The van der Waals surface area contributed by atoms with Gasteiger partial charge in [-0.1, -0.05) is 18.1 Å². The second-order valence-electron chi connectivity index (χ2n) is 11.2. The summed E-state index contributed by atoms with van der Waals surface area (Å²) in [5.74, 6) is 9.19. The van der Waals surface area contributed by atoms with Crippen LogP contribution in [0.5, 0.6) is 5.75 Å². The van der Waals surface area contributed by atoms with Crippen LogP contribution in [0.4, 0.5) is 17.2 Å². The van der Waals surface area contributed by atoms with E-state index in [1.807, 2.05) is 24.4 Å². The summed E-state index contributed by atoms with van der Waals surface area (Å²) in [6, 6.07) is 14.2. The number of piperazine rings is 1. The minimum atomic E-state index is 0.186. The first kappa shape index (κ1) is 23.3. The number of nitrogens with two attached hydrogens (primary N) is 1. The quantitative estimate of drug-likeness (QED) is 0.508. The molecule has 8 heteroatoms. The number of nitrogen functional groups attached to an aromatic ring is 1. The highest BCUT2D eigenvalue weighted by Gasteiger charge is 2.41. The lowest BCUT2D eigenvalue weighted by molar-refractivity contribution is 0.101. The van der Waals surface area contributed by atoms with Crippen molar-refractivity contribution >= 4 is 17.2 Å². The van der Waals surface area contributed by atoms with Gasteiger partial charge in [-0.3, -0.25) is 4.90 Å². The van der Waals surface area contributed by atoms with Gasteiger partial charge in [-0.05, 0) is 73.8 Å². The van der Waals surface area contributed by atoms with Gasteiger partial charge >= 0.3 is 0 Å². The molecule has 38 heavy (non-hydrogen) atoms. The molecule has 3 N–H and O–H groups in total. The van der Waals surface area contributed by atoms with Crippen molar-refractivity contribution in [1.82, 2.24) is 20.1 Å². The maximum Gasteiger partial charge on any atom is 0.169 e. The van der Waals surface area contributed by atoms with Crippen molar-refractivity contribution in [1.29, 1.82) is 0 Å². The number of aromatic hydroxyl groups is 1. The Kier molecular flexibility index (Phi) is 5.81. The third-order valence-electron chi connectivity index (χ3n) is 8.64. The minimum Gasteiger partial charge on any atom is -0.507 e. The van der Waals surface area contributed by atoms with Gasteiger partial charge in [0, 0.05) is 55.7 Å². The molecule has 0 spiro atoms. The van der Waals surface area contributed by atoms with E-state index in [0.717, 1.165) is 55.7 Å². The second kappa shape index (κ2) is 9.48. The third kappa shape index (κ3) is 4.41. The molecule has 3 saturated heterocycles. The standard InChI is InChI=1S/C30H33N7O/c31-30-28(15-27(33-34-30)26-5-1-2-6-29(26)38)36-18-24-9-10-25(19-36)37(24)23-11-12-32-22(14-23)4-3-13-35-16-21(17-35)20-7-8-20/h1-2,5-6,11-12,14-15,20-21,24-25,38H,7-10,13,16-19H2,(H2,31,34). The Labute approximate surface area is 223 Å². The van der Waals surface area contributed by atoms with Crippen LogP contribution < -0.4 is 15.5 Å². The molecule has 2 atom stereocenters. The molecule has 1 aromatic carbocycles. The number of benzene rings is 1. The summed E-state index contributed by atoms with van der Waals surface area (Å²) in [5.41, 5.74) is 10.5. The number of likely N-dealkylation sites (tertiary alicyclic amines) is 1. The maximum absolute atomic E-state index is 10.3. The maximum atomic E-state index is 10.3. The zero-order valence-electron chi connectivity index (χ0n) is 21.5. The normalized spacial score (nSPS) is 23.2. The summed E-state index contributed by atoms with van der Waals surface area (Å²) in [4.78, 5) is 11.9. The van der Waals surface area contributed by atoms with Crippen molar-refractivity contribution in [2.45, 2.75) is 37.8 Å². The van der Waals surface area contributed by atoms with E-state index in [1.165, 1.54) is 31.6 Å². The molecule has 5 heterocycles. The predicted octanol–water partition coefficient (Wildman–Crippen LogP) is 3.38. The van der Waals surface area contributed by atoms with Gasteiger partial charge in [0.05, 0.1) is 17.9 Å². The number of para-hydroxylation sites is 1. The minimum absolute atomic E-state index is 0.186.